The molecule has 8 rings (SSSR count). The van der Waals surface area contributed by atoms with Crippen LogP contribution in [0.5, 0.6) is 11.5 Å². The second-order valence-electron chi connectivity index (χ2n) is 10.2. The van der Waals surface area contributed by atoms with Gasteiger partial charge in [-0.3, -0.25) is 9.97 Å². The van der Waals surface area contributed by atoms with Crippen LogP contribution in [0.25, 0.3) is 66.4 Å². The van der Waals surface area contributed by atoms with E-state index < -0.39 is 0 Å². The Morgan fingerprint density at radius 3 is 1.98 bits per heavy atom. The first-order chi connectivity index (χ1) is 20.8. The van der Waals surface area contributed by atoms with Crippen LogP contribution in [0.1, 0.15) is 0 Å². The molecule has 0 aliphatic heterocycles. The van der Waals surface area contributed by atoms with Crippen molar-refractivity contribution < 1.29 is 9.15 Å². The SMILES string of the molecule is c1ccc(-c2cc3oc4c(-c5ccccn5)cc(Oc5cccc(-c6ccccn6)c5)cc4c3c3ccccc23)cc1. The van der Waals surface area contributed by atoms with Gasteiger partial charge in [0, 0.05) is 34.3 Å². The van der Waals surface area contributed by atoms with E-state index in [1.54, 1.807) is 12.4 Å². The zero-order chi connectivity index (χ0) is 27.9. The summed E-state index contributed by atoms with van der Waals surface area (Å²) in [7, 11) is 0. The second-order valence-corrected chi connectivity index (χ2v) is 10.2. The minimum absolute atomic E-state index is 0.709. The summed E-state index contributed by atoms with van der Waals surface area (Å²) < 4.78 is 13.2. The number of furan rings is 1. The van der Waals surface area contributed by atoms with Crippen LogP contribution in [0.4, 0.5) is 0 Å². The smallest absolute Gasteiger partial charge is 0.145 e. The van der Waals surface area contributed by atoms with Crippen LogP contribution >= 0.6 is 0 Å². The molecule has 0 spiro atoms. The summed E-state index contributed by atoms with van der Waals surface area (Å²) in [5, 5.41) is 4.35. The molecule has 198 valence electrons. The zero-order valence-electron chi connectivity index (χ0n) is 22.6. The topological polar surface area (TPSA) is 48.2 Å². The molecular formula is C38H24N2O2. The molecule has 4 nitrogen and oxygen atoms in total. The number of fused-ring (bicyclic) bond motifs is 5. The molecule has 0 N–H and O–H groups in total. The highest BCUT2D eigenvalue weighted by molar-refractivity contribution is 6.23. The lowest BCUT2D eigenvalue weighted by Gasteiger charge is -2.11. The molecule has 3 aromatic heterocycles. The van der Waals surface area contributed by atoms with Gasteiger partial charge in [-0.1, -0.05) is 78.9 Å². The lowest BCUT2D eigenvalue weighted by atomic mass is 9.94. The summed E-state index contributed by atoms with van der Waals surface area (Å²) in [6, 6.07) is 45.0. The van der Waals surface area contributed by atoms with Crippen molar-refractivity contribution >= 4 is 32.7 Å². The van der Waals surface area contributed by atoms with Crippen molar-refractivity contribution in [3.8, 4) is 45.1 Å². The molecule has 0 fully saturated rings. The summed E-state index contributed by atoms with van der Waals surface area (Å²) in [4.78, 5) is 9.18. The van der Waals surface area contributed by atoms with Crippen LogP contribution in [0, 0.1) is 0 Å². The predicted octanol–water partition coefficient (Wildman–Crippen LogP) is 10.3. The number of hydrogen-bond acceptors (Lipinski definition) is 4. The molecule has 0 saturated carbocycles. The summed E-state index contributed by atoms with van der Waals surface area (Å²) in [6.45, 7) is 0. The summed E-state index contributed by atoms with van der Waals surface area (Å²) in [5.74, 6) is 1.44. The highest BCUT2D eigenvalue weighted by atomic mass is 16.5. The Labute approximate surface area is 242 Å². The molecule has 4 heteroatoms. The average Bonchev–Trinajstić information content (AvgIpc) is 3.44. The molecule has 0 radical (unpaired) electrons. The maximum absolute atomic E-state index is 6.69. The van der Waals surface area contributed by atoms with Crippen molar-refractivity contribution in [3.05, 3.63) is 146 Å². The van der Waals surface area contributed by atoms with Crippen molar-refractivity contribution in [2.45, 2.75) is 0 Å². The average molecular weight is 541 g/mol. The number of nitrogens with zero attached hydrogens (tertiary/aromatic N) is 2. The number of aromatic nitrogens is 2. The molecule has 8 aromatic rings. The van der Waals surface area contributed by atoms with Gasteiger partial charge in [-0.25, -0.2) is 0 Å². The number of hydrogen-bond donors (Lipinski definition) is 0. The van der Waals surface area contributed by atoms with Crippen molar-refractivity contribution in [2.24, 2.45) is 0 Å². The Bertz CT molecular complexity index is 2210. The zero-order valence-corrected chi connectivity index (χ0v) is 22.6. The van der Waals surface area contributed by atoms with Gasteiger partial charge in [0.2, 0.25) is 0 Å². The summed E-state index contributed by atoms with van der Waals surface area (Å²) in [5.41, 5.74) is 7.49. The fraction of sp³-hybridized carbons (Fsp3) is 0. The van der Waals surface area contributed by atoms with Crippen LogP contribution in [0.3, 0.4) is 0 Å². The normalized spacial score (nSPS) is 11.3. The summed E-state index contributed by atoms with van der Waals surface area (Å²) in [6.07, 6.45) is 3.60. The lowest BCUT2D eigenvalue weighted by Crippen LogP contribution is -1.89. The molecule has 0 aliphatic rings. The van der Waals surface area contributed by atoms with E-state index >= 15 is 0 Å². The van der Waals surface area contributed by atoms with E-state index in [2.05, 4.69) is 70.6 Å². The number of ether oxygens (including phenoxy) is 1. The maximum Gasteiger partial charge on any atom is 0.145 e. The standard InChI is InChI=1S/C38H24N2O2/c1-2-11-25(12-3-1)31-24-36-37(30-16-5-4-15-29(30)31)33-23-28(22-32(38(33)42-36)35-18-7-9-20-40-35)41-27-14-10-13-26(21-27)34-17-6-8-19-39-34/h1-24H. The van der Waals surface area contributed by atoms with Gasteiger partial charge < -0.3 is 9.15 Å². The predicted molar refractivity (Wildman–Crippen MR) is 170 cm³/mol. The van der Waals surface area contributed by atoms with Gasteiger partial charge >= 0.3 is 0 Å². The molecule has 0 saturated heterocycles. The first kappa shape index (κ1) is 24.1. The van der Waals surface area contributed by atoms with Crippen LogP contribution in [0.2, 0.25) is 0 Å². The first-order valence-corrected chi connectivity index (χ1v) is 13.9. The lowest BCUT2D eigenvalue weighted by molar-refractivity contribution is 0.483. The van der Waals surface area contributed by atoms with Gasteiger partial charge in [0.15, 0.2) is 0 Å². The van der Waals surface area contributed by atoms with E-state index in [1.807, 2.05) is 72.8 Å². The van der Waals surface area contributed by atoms with Crippen molar-refractivity contribution in [1.29, 1.82) is 0 Å². The molecule has 0 aliphatic carbocycles. The second kappa shape index (κ2) is 10.0. The van der Waals surface area contributed by atoms with Gasteiger partial charge in [0.05, 0.1) is 11.4 Å². The van der Waals surface area contributed by atoms with Crippen LogP contribution in [-0.4, -0.2) is 9.97 Å². The molecule has 0 atom stereocenters. The van der Waals surface area contributed by atoms with Crippen molar-refractivity contribution in [3.63, 3.8) is 0 Å². The van der Waals surface area contributed by atoms with Crippen LogP contribution in [0.15, 0.2) is 150 Å². The van der Waals surface area contributed by atoms with Crippen molar-refractivity contribution in [1.82, 2.24) is 9.97 Å². The Morgan fingerprint density at radius 2 is 1.19 bits per heavy atom. The molecule has 0 bridgehead atoms. The minimum atomic E-state index is 0.709. The number of pyridine rings is 2. The number of benzene rings is 5. The summed E-state index contributed by atoms with van der Waals surface area (Å²) >= 11 is 0. The largest absolute Gasteiger partial charge is 0.457 e. The highest BCUT2D eigenvalue weighted by Gasteiger charge is 2.20. The van der Waals surface area contributed by atoms with Crippen LogP contribution in [-0.2, 0) is 0 Å². The van der Waals surface area contributed by atoms with E-state index in [9.17, 15) is 0 Å². The fourth-order valence-electron chi connectivity index (χ4n) is 5.73. The van der Waals surface area contributed by atoms with E-state index in [-0.39, 0.29) is 0 Å². The van der Waals surface area contributed by atoms with Crippen LogP contribution < -0.4 is 4.74 Å². The third kappa shape index (κ3) is 4.18. The Hall–Kier alpha value is -5.74. The fourth-order valence-corrected chi connectivity index (χ4v) is 5.73. The Kier molecular flexibility index (Phi) is 5.75. The van der Waals surface area contributed by atoms with E-state index in [0.717, 1.165) is 66.7 Å². The minimum Gasteiger partial charge on any atom is -0.457 e. The quantitative estimate of drug-likeness (QED) is 0.218. The van der Waals surface area contributed by atoms with E-state index in [4.69, 9.17) is 9.15 Å². The van der Waals surface area contributed by atoms with E-state index in [0.29, 0.717) is 5.75 Å². The van der Waals surface area contributed by atoms with Gasteiger partial charge in [-0.2, -0.15) is 0 Å². The highest BCUT2D eigenvalue weighted by Crippen LogP contribution is 2.44. The monoisotopic (exact) mass is 540 g/mol. The van der Waals surface area contributed by atoms with Gasteiger partial charge in [-0.05, 0) is 76.5 Å². The third-order valence-electron chi connectivity index (χ3n) is 7.61. The Balaban J connectivity index is 1.36. The molecule has 5 aromatic carbocycles. The molecule has 42 heavy (non-hydrogen) atoms. The van der Waals surface area contributed by atoms with Gasteiger partial charge in [0.25, 0.3) is 0 Å². The third-order valence-corrected chi connectivity index (χ3v) is 7.61. The first-order valence-electron chi connectivity index (χ1n) is 13.9. The van der Waals surface area contributed by atoms with Crippen molar-refractivity contribution in [2.75, 3.05) is 0 Å². The Morgan fingerprint density at radius 1 is 0.476 bits per heavy atom. The number of rotatable bonds is 5. The molecule has 0 amide bonds. The van der Waals surface area contributed by atoms with Gasteiger partial charge in [-0.15, -0.1) is 0 Å². The maximum atomic E-state index is 6.69. The van der Waals surface area contributed by atoms with E-state index in [1.165, 1.54) is 5.39 Å². The van der Waals surface area contributed by atoms with Gasteiger partial charge in [0.1, 0.15) is 22.7 Å². The molecule has 0 unspecified atom stereocenters. The molecule has 3 heterocycles. The molecular weight excluding hydrogens is 516 g/mol.